The number of benzene rings is 2. The van der Waals surface area contributed by atoms with Gasteiger partial charge >= 0.3 is 0 Å². The van der Waals surface area contributed by atoms with E-state index < -0.39 is 5.97 Å². The predicted octanol–water partition coefficient (Wildman–Crippen LogP) is 2.71. The molecule has 3 rings (SSSR count). The van der Waals surface area contributed by atoms with E-state index in [0.29, 0.717) is 28.2 Å². The molecule has 1 amide bonds. The van der Waals surface area contributed by atoms with Gasteiger partial charge in [0.15, 0.2) is 11.0 Å². The Kier molecular flexibility index (Phi) is 6.33. The molecular weight excluding hydrogens is 400 g/mol. The lowest BCUT2D eigenvalue weighted by Gasteiger charge is -2.09. The standard InChI is InChI=1S/C19H17ClN4O3S/c1-2-24-17(14-5-3-4-6-15(14)20)22-23-19(24)28-11-16(25)21-13-9-7-12(8-10-13)18(26)27/h3-10H,2,11H2,1H3,(H,21,25)(H,26,27)/p-1. The number of amides is 1. The Labute approximate surface area is 170 Å². The Morgan fingerprint density at radius 2 is 1.86 bits per heavy atom. The molecular formula is C19H16ClN4O3S-. The van der Waals surface area contributed by atoms with Crippen LogP contribution < -0.4 is 10.4 Å². The van der Waals surface area contributed by atoms with Crippen LogP contribution in [0.3, 0.4) is 0 Å². The Balaban J connectivity index is 1.67. The maximum Gasteiger partial charge on any atom is 0.234 e. The van der Waals surface area contributed by atoms with E-state index in [1.54, 1.807) is 6.07 Å². The number of halogens is 1. The van der Waals surface area contributed by atoms with Gasteiger partial charge in [0.25, 0.3) is 0 Å². The van der Waals surface area contributed by atoms with Crippen molar-refractivity contribution in [3.8, 4) is 11.4 Å². The van der Waals surface area contributed by atoms with E-state index in [9.17, 15) is 14.7 Å². The fourth-order valence-corrected chi connectivity index (χ4v) is 3.56. The number of hydrogen-bond donors (Lipinski definition) is 1. The van der Waals surface area contributed by atoms with Crippen LogP contribution in [0.4, 0.5) is 5.69 Å². The van der Waals surface area contributed by atoms with Crippen molar-refractivity contribution in [3.63, 3.8) is 0 Å². The van der Waals surface area contributed by atoms with E-state index in [2.05, 4.69) is 15.5 Å². The summed E-state index contributed by atoms with van der Waals surface area (Å²) >= 11 is 7.51. The number of carboxylic acid groups (broad SMARTS) is 1. The van der Waals surface area contributed by atoms with Gasteiger partial charge in [-0.25, -0.2) is 0 Å². The second kappa shape index (κ2) is 8.90. The first kappa shape index (κ1) is 19.9. The molecule has 9 heteroatoms. The number of anilines is 1. The molecule has 28 heavy (non-hydrogen) atoms. The highest BCUT2D eigenvalue weighted by molar-refractivity contribution is 7.99. The number of carboxylic acids is 1. The fourth-order valence-electron chi connectivity index (χ4n) is 2.54. The van der Waals surface area contributed by atoms with Crippen LogP contribution in [0, 0.1) is 0 Å². The summed E-state index contributed by atoms with van der Waals surface area (Å²) in [5.41, 5.74) is 1.34. The second-order valence-corrected chi connectivity index (χ2v) is 7.08. The molecule has 1 aromatic heterocycles. The molecule has 0 saturated heterocycles. The summed E-state index contributed by atoms with van der Waals surface area (Å²) in [4.78, 5) is 23.0. The lowest BCUT2D eigenvalue weighted by atomic mass is 10.2. The number of nitrogens with zero attached hydrogens (tertiary/aromatic N) is 3. The van der Waals surface area contributed by atoms with Gasteiger partial charge in [0.1, 0.15) is 0 Å². The number of carbonyl (C=O) groups is 2. The summed E-state index contributed by atoms with van der Waals surface area (Å²) in [6, 6.07) is 13.2. The van der Waals surface area contributed by atoms with Crippen molar-refractivity contribution in [3.05, 3.63) is 59.1 Å². The smallest absolute Gasteiger partial charge is 0.234 e. The van der Waals surface area contributed by atoms with Crippen LogP contribution in [-0.4, -0.2) is 32.4 Å². The minimum atomic E-state index is -1.26. The summed E-state index contributed by atoms with van der Waals surface area (Å²) in [5.74, 6) is -0.727. The zero-order chi connectivity index (χ0) is 20.1. The van der Waals surface area contributed by atoms with E-state index in [4.69, 9.17) is 11.6 Å². The van der Waals surface area contributed by atoms with E-state index in [1.807, 2.05) is 29.7 Å². The Morgan fingerprint density at radius 3 is 2.50 bits per heavy atom. The van der Waals surface area contributed by atoms with E-state index in [1.165, 1.54) is 36.0 Å². The van der Waals surface area contributed by atoms with Gasteiger partial charge in [0.2, 0.25) is 5.91 Å². The van der Waals surface area contributed by atoms with E-state index >= 15 is 0 Å². The van der Waals surface area contributed by atoms with Gasteiger partial charge < -0.3 is 19.8 Å². The zero-order valence-electron chi connectivity index (χ0n) is 14.9. The third kappa shape index (κ3) is 4.52. The van der Waals surface area contributed by atoms with Crippen molar-refractivity contribution < 1.29 is 14.7 Å². The molecule has 0 aliphatic heterocycles. The van der Waals surface area contributed by atoms with Gasteiger partial charge in [-0.15, -0.1) is 10.2 Å². The molecule has 144 valence electrons. The molecule has 0 fully saturated rings. The SMILES string of the molecule is CCn1c(SCC(=O)Nc2ccc(C(=O)[O-])cc2)nnc1-c1ccccc1Cl. The molecule has 0 aliphatic rings. The van der Waals surface area contributed by atoms with Crippen molar-refractivity contribution in [2.24, 2.45) is 0 Å². The van der Waals surface area contributed by atoms with Crippen molar-refractivity contribution >= 4 is 40.9 Å². The van der Waals surface area contributed by atoms with Gasteiger partial charge in [-0.05, 0) is 36.8 Å². The lowest BCUT2D eigenvalue weighted by Crippen LogP contribution is -2.22. The molecule has 0 atom stereocenters. The lowest BCUT2D eigenvalue weighted by molar-refractivity contribution is -0.255. The van der Waals surface area contributed by atoms with Gasteiger partial charge in [0.05, 0.1) is 16.7 Å². The largest absolute Gasteiger partial charge is 0.545 e. The highest BCUT2D eigenvalue weighted by atomic mass is 35.5. The number of nitrogens with one attached hydrogen (secondary N) is 1. The molecule has 7 nitrogen and oxygen atoms in total. The first-order valence-electron chi connectivity index (χ1n) is 8.41. The van der Waals surface area contributed by atoms with Crippen LogP contribution in [0.2, 0.25) is 5.02 Å². The topological polar surface area (TPSA) is 99.9 Å². The second-order valence-electron chi connectivity index (χ2n) is 5.73. The molecule has 1 N–H and O–H groups in total. The molecule has 0 saturated carbocycles. The van der Waals surface area contributed by atoms with Gasteiger partial charge in [-0.2, -0.15) is 0 Å². The molecule has 0 bridgehead atoms. The van der Waals surface area contributed by atoms with Crippen LogP contribution in [0.5, 0.6) is 0 Å². The summed E-state index contributed by atoms with van der Waals surface area (Å²) < 4.78 is 1.90. The van der Waals surface area contributed by atoms with Gasteiger partial charge in [-0.3, -0.25) is 4.79 Å². The summed E-state index contributed by atoms with van der Waals surface area (Å²) in [7, 11) is 0. The number of rotatable bonds is 7. The third-order valence-electron chi connectivity index (χ3n) is 3.88. The van der Waals surface area contributed by atoms with Gasteiger partial charge in [-0.1, -0.05) is 47.6 Å². The predicted molar refractivity (Wildman–Crippen MR) is 106 cm³/mol. The number of hydrogen-bond acceptors (Lipinski definition) is 6. The Bertz CT molecular complexity index is 1000. The quantitative estimate of drug-likeness (QED) is 0.595. The summed E-state index contributed by atoms with van der Waals surface area (Å²) in [6.45, 7) is 2.59. The van der Waals surface area contributed by atoms with Crippen molar-refractivity contribution in [1.82, 2.24) is 14.8 Å². The first-order valence-corrected chi connectivity index (χ1v) is 9.78. The molecule has 0 spiro atoms. The van der Waals surface area contributed by atoms with E-state index in [0.717, 1.165) is 5.56 Å². The minimum absolute atomic E-state index is 0.0514. The highest BCUT2D eigenvalue weighted by Gasteiger charge is 2.16. The average Bonchev–Trinajstić information content (AvgIpc) is 3.10. The molecule has 2 aromatic carbocycles. The van der Waals surface area contributed by atoms with Crippen LogP contribution in [0.25, 0.3) is 11.4 Å². The normalized spacial score (nSPS) is 10.6. The van der Waals surface area contributed by atoms with Crippen LogP contribution in [0.1, 0.15) is 17.3 Å². The maximum absolute atomic E-state index is 12.2. The van der Waals surface area contributed by atoms with Crippen molar-refractivity contribution in [2.45, 2.75) is 18.6 Å². The minimum Gasteiger partial charge on any atom is -0.545 e. The Morgan fingerprint density at radius 1 is 1.14 bits per heavy atom. The van der Waals surface area contributed by atoms with Gasteiger partial charge in [0, 0.05) is 17.8 Å². The first-order chi connectivity index (χ1) is 13.5. The third-order valence-corrected chi connectivity index (χ3v) is 5.18. The molecule has 3 aromatic rings. The maximum atomic E-state index is 12.2. The van der Waals surface area contributed by atoms with Crippen LogP contribution >= 0.6 is 23.4 Å². The molecule has 0 radical (unpaired) electrons. The average molecular weight is 416 g/mol. The van der Waals surface area contributed by atoms with Crippen LogP contribution in [-0.2, 0) is 11.3 Å². The highest BCUT2D eigenvalue weighted by Crippen LogP contribution is 2.29. The molecule has 0 unspecified atom stereocenters. The Hall–Kier alpha value is -2.84. The fraction of sp³-hybridized carbons (Fsp3) is 0.158. The number of thioether (sulfide) groups is 1. The number of aromatic carboxylic acids is 1. The number of aromatic nitrogens is 3. The number of carbonyl (C=O) groups excluding carboxylic acids is 2. The molecule has 1 heterocycles. The molecule has 0 aliphatic carbocycles. The zero-order valence-corrected chi connectivity index (χ0v) is 16.5. The van der Waals surface area contributed by atoms with Crippen molar-refractivity contribution in [1.29, 1.82) is 0 Å². The summed E-state index contributed by atoms with van der Waals surface area (Å²) in [6.07, 6.45) is 0. The van der Waals surface area contributed by atoms with Crippen molar-refractivity contribution in [2.75, 3.05) is 11.1 Å². The monoisotopic (exact) mass is 415 g/mol. The summed E-state index contributed by atoms with van der Waals surface area (Å²) in [5, 5.41) is 23.1. The van der Waals surface area contributed by atoms with Crippen LogP contribution in [0.15, 0.2) is 53.7 Å². The van der Waals surface area contributed by atoms with E-state index in [-0.39, 0.29) is 17.2 Å².